The molecule has 1 aromatic carbocycles. The van der Waals surface area contributed by atoms with Crippen LogP contribution in [0.1, 0.15) is 53.2 Å². The van der Waals surface area contributed by atoms with Crippen molar-refractivity contribution in [3.63, 3.8) is 0 Å². The molecule has 162 valence electrons. The minimum atomic E-state index is -0.00898. The molecule has 0 aliphatic heterocycles. The predicted molar refractivity (Wildman–Crippen MR) is 123 cm³/mol. The van der Waals surface area contributed by atoms with Gasteiger partial charge in [-0.25, -0.2) is 0 Å². The van der Waals surface area contributed by atoms with Crippen molar-refractivity contribution in [1.82, 2.24) is 14.9 Å². The maximum absolute atomic E-state index is 13.0. The van der Waals surface area contributed by atoms with Gasteiger partial charge in [-0.1, -0.05) is 12.1 Å². The molecule has 4 rings (SSSR count). The molecule has 5 nitrogen and oxygen atoms in total. The highest BCUT2D eigenvalue weighted by Crippen LogP contribution is 2.35. The third-order valence-electron chi connectivity index (χ3n) is 6.37. The summed E-state index contributed by atoms with van der Waals surface area (Å²) in [5.41, 5.74) is 5.11. The number of ether oxygens (including phenoxy) is 1. The lowest BCUT2D eigenvalue weighted by molar-refractivity contribution is 0.0943. The van der Waals surface area contributed by atoms with E-state index in [0.29, 0.717) is 17.4 Å². The average molecular weight is 418 g/mol. The van der Waals surface area contributed by atoms with Crippen LogP contribution < -0.4 is 10.1 Å². The Labute approximate surface area is 184 Å². The third kappa shape index (κ3) is 4.98. The number of nitrogens with one attached hydrogen (secondary N) is 1. The predicted octanol–water partition coefficient (Wildman–Crippen LogP) is 5.11. The first kappa shape index (κ1) is 21.2. The van der Waals surface area contributed by atoms with Crippen LogP contribution in [0.2, 0.25) is 0 Å². The summed E-state index contributed by atoms with van der Waals surface area (Å²) in [4.78, 5) is 17.3. The van der Waals surface area contributed by atoms with Gasteiger partial charge in [0.15, 0.2) is 0 Å². The van der Waals surface area contributed by atoms with Crippen LogP contribution in [-0.4, -0.2) is 29.1 Å². The van der Waals surface area contributed by atoms with Crippen LogP contribution in [-0.2, 0) is 7.05 Å². The Morgan fingerprint density at radius 3 is 2.71 bits per heavy atom. The van der Waals surface area contributed by atoms with E-state index in [-0.39, 0.29) is 5.91 Å². The Morgan fingerprint density at radius 2 is 1.97 bits per heavy atom. The van der Waals surface area contributed by atoms with Gasteiger partial charge < -0.3 is 14.6 Å². The highest BCUT2D eigenvalue weighted by molar-refractivity contribution is 6.01. The fraction of sp³-hybridized carbons (Fsp3) is 0.385. The number of aromatic nitrogens is 2. The van der Waals surface area contributed by atoms with Gasteiger partial charge in [0.1, 0.15) is 5.75 Å². The van der Waals surface area contributed by atoms with Crippen LogP contribution in [0.4, 0.5) is 0 Å². The average Bonchev–Trinajstić information content (AvgIpc) is 3.19. The summed E-state index contributed by atoms with van der Waals surface area (Å²) < 4.78 is 7.28. The van der Waals surface area contributed by atoms with Crippen LogP contribution in [0.25, 0.3) is 11.1 Å². The van der Waals surface area contributed by atoms with Crippen molar-refractivity contribution >= 4 is 5.91 Å². The van der Waals surface area contributed by atoms with Crippen molar-refractivity contribution in [2.75, 3.05) is 13.7 Å². The molecular weight excluding hydrogens is 386 g/mol. The zero-order chi connectivity index (χ0) is 21.8. The topological polar surface area (TPSA) is 56.1 Å². The molecule has 1 aliphatic carbocycles. The van der Waals surface area contributed by atoms with Crippen molar-refractivity contribution in [3.05, 3.63) is 71.8 Å². The summed E-state index contributed by atoms with van der Waals surface area (Å²) in [7, 11) is 3.60. The number of carbonyl (C=O) groups is 1. The van der Waals surface area contributed by atoms with E-state index in [0.717, 1.165) is 42.0 Å². The minimum absolute atomic E-state index is 0.00898. The number of carbonyl (C=O) groups excluding carboxylic acids is 1. The van der Waals surface area contributed by atoms with E-state index >= 15 is 0 Å². The Bertz CT molecular complexity index is 1050. The lowest BCUT2D eigenvalue weighted by atomic mass is 9.79. The lowest BCUT2D eigenvalue weighted by Gasteiger charge is -2.29. The van der Waals surface area contributed by atoms with Crippen molar-refractivity contribution in [2.24, 2.45) is 13.0 Å². The van der Waals surface area contributed by atoms with Crippen molar-refractivity contribution < 1.29 is 9.53 Å². The van der Waals surface area contributed by atoms with Gasteiger partial charge in [0.2, 0.25) is 0 Å². The molecule has 5 heteroatoms. The maximum Gasteiger partial charge on any atom is 0.253 e. The smallest absolute Gasteiger partial charge is 0.253 e. The molecule has 0 radical (unpaired) electrons. The molecular formula is C26H31N3O2. The van der Waals surface area contributed by atoms with Gasteiger partial charge in [0, 0.05) is 43.4 Å². The van der Waals surface area contributed by atoms with Crippen molar-refractivity contribution in [3.8, 4) is 16.9 Å². The molecule has 1 amide bonds. The maximum atomic E-state index is 13.0. The first-order valence-electron chi connectivity index (χ1n) is 11.0. The first-order valence-corrected chi connectivity index (χ1v) is 11.0. The molecule has 0 spiro atoms. The van der Waals surface area contributed by atoms with E-state index in [1.54, 1.807) is 7.11 Å². The van der Waals surface area contributed by atoms with Gasteiger partial charge in [0.05, 0.1) is 12.7 Å². The number of hydrogen-bond acceptors (Lipinski definition) is 3. The molecule has 1 aliphatic rings. The summed E-state index contributed by atoms with van der Waals surface area (Å²) in [6, 6.07) is 12.2. The number of methoxy groups -OCH3 is 1. The molecule has 2 heterocycles. The standard InChI is InChI=1S/C26H31N3O2/c1-18-13-21(11-12-27-18)20-9-7-19(8-10-20)15-28-26(30)25-17-29(2)16-24(25)22-5-4-6-23(14-22)31-3/h4-6,11-14,16-17,19-20H,7-10,15H2,1-3H3,(H,28,30). The van der Waals surface area contributed by atoms with E-state index in [1.807, 2.05) is 61.4 Å². The van der Waals surface area contributed by atoms with Crippen LogP contribution >= 0.6 is 0 Å². The Morgan fingerprint density at radius 1 is 1.16 bits per heavy atom. The number of hydrogen-bond donors (Lipinski definition) is 1. The normalized spacial score (nSPS) is 18.5. The summed E-state index contributed by atoms with van der Waals surface area (Å²) in [5.74, 6) is 1.92. The van der Waals surface area contributed by atoms with Crippen LogP contribution in [0, 0.1) is 12.8 Å². The second kappa shape index (κ2) is 9.38. The molecule has 0 bridgehead atoms. The van der Waals surface area contributed by atoms with E-state index in [9.17, 15) is 4.79 Å². The van der Waals surface area contributed by atoms with Crippen LogP contribution in [0.15, 0.2) is 55.0 Å². The Balaban J connectivity index is 1.37. The molecule has 1 N–H and O–H groups in total. The van der Waals surface area contributed by atoms with Gasteiger partial charge in [0.25, 0.3) is 5.91 Å². The largest absolute Gasteiger partial charge is 0.497 e. The Kier molecular flexibility index (Phi) is 6.40. The zero-order valence-electron chi connectivity index (χ0n) is 18.6. The highest BCUT2D eigenvalue weighted by atomic mass is 16.5. The summed E-state index contributed by atoms with van der Waals surface area (Å²) in [6.45, 7) is 2.78. The summed E-state index contributed by atoms with van der Waals surface area (Å²) >= 11 is 0. The van der Waals surface area contributed by atoms with Gasteiger partial charge in [-0.3, -0.25) is 9.78 Å². The van der Waals surface area contributed by atoms with E-state index in [1.165, 1.54) is 18.4 Å². The number of nitrogens with zero attached hydrogens (tertiary/aromatic N) is 2. The van der Waals surface area contributed by atoms with Gasteiger partial charge in [-0.05, 0) is 79.8 Å². The van der Waals surface area contributed by atoms with Crippen molar-refractivity contribution in [1.29, 1.82) is 0 Å². The SMILES string of the molecule is COc1cccc(-c2cn(C)cc2C(=O)NCC2CCC(c3ccnc(C)c3)CC2)c1. The molecule has 0 saturated heterocycles. The van der Waals surface area contributed by atoms with Gasteiger partial charge in [-0.2, -0.15) is 0 Å². The van der Waals surface area contributed by atoms with Crippen LogP contribution in [0.5, 0.6) is 5.75 Å². The molecule has 0 atom stereocenters. The highest BCUT2D eigenvalue weighted by Gasteiger charge is 2.24. The van der Waals surface area contributed by atoms with Crippen molar-refractivity contribution in [2.45, 2.75) is 38.5 Å². The van der Waals surface area contributed by atoms with Crippen LogP contribution in [0.3, 0.4) is 0 Å². The van der Waals surface area contributed by atoms with Gasteiger partial charge in [-0.15, -0.1) is 0 Å². The molecule has 0 unspecified atom stereocenters. The molecule has 2 aromatic heterocycles. The fourth-order valence-corrected chi connectivity index (χ4v) is 4.64. The number of pyridine rings is 1. The molecule has 1 saturated carbocycles. The number of aryl methyl sites for hydroxylation is 2. The summed E-state index contributed by atoms with van der Waals surface area (Å²) in [5, 5.41) is 3.19. The monoisotopic (exact) mass is 417 g/mol. The fourth-order valence-electron chi connectivity index (χ4n) is 4.64. The van der Waals surface area contributed by atoms with Gasteiger partial charge >= 0.3 is 0 Å². The minimum Gasteiger partial charge on any atom is -0.497 e. The Hall–Kier alpha value is -3.08. The number of benzene rings is 1. The number of amides is 1. The molecule has 1 fully saturated rings. The van der Waals surface area contributed by atoms with E-state index in [4.69, 9.17) is 4.74 Å². The summed E-state index contributed by atoms with van der Waals surface area (Å²) in [6.07, 6.45) is 10.4. The quantitative estimate of drug-likeness (QED) is 0.606. The first-order chi connectivity index (χ1) is 15.0. The molecule has 31 heavy (non-hydrogen) atoms. The third-order valence-corrected chi connectivity index (χ3v) is 6.37. The second-order valence-corrected chi connectivity index (χ2v) is 8.64. The molecule has 3 aromatic rings. The second-order valence-electron chi connectivity index (χ2n) is 8.64. The van der Waals surface area contributed by atoms with E-state index < -0.39 is 0 Å². The lowest BCUT2D eigenvalue weighted by Crippen LogP contribution is -2.31. The zero-order valence-corrected chi connectivity index (χ0v) is 18.6. The number of rotatable bonds is 6. The van der Waals surface area contributed by atoms with E-state index in [2.05, 4.69) is 22.4 Å².